The molecule has 0 fully saturated rings. The molecule has 182 valence electrons. The number of aliphatic hydroxyl groups excluding tert-OH is 1. The van der Waals surface area contributed by atoms with Crippen LogP contribution in [0.15, 0.2) is 24.8 Å². The zero-order valence-electron chi connectivity index (χ0n) is 19.1. The van der Waals surface area contributed by atoms with Crippen LogP contribution >= 0.6 is 0 Å². The number of fused-ring (bicyclic) bond motifs is 1. The fourth-order valence-corrected chi connectivity index (χ4v) is 3.58. The Morgan fingerprint density at radius 1 is 0.969 bits per heavy atom. The SMILES string of the molecule is C=C[C@H](OCOC)[C@@H](OCOC)[C@H](OCOC)[C@@H](CCO)c1cc(OC)c2c(c1)OCO2. The van der Waals surface area contributed by atoms with Gasteiger partial charge in [-0.05, 0) is 24.1 Å². The summed E-state index contributed by atoms with van der Waals surface area (Å²) in [5.74, 6) is 1.26. The second-order valence-corrected chi connectivity index (χ2v) is 6.92. The van der Waals surface area contributed by atoms with Crippen LogP contribution in [0.3, 0.4) is 0 Å². The highest BCUT2D eigenvalue weighted by molar-refractivity contribution is 5.55. The Balaban J connectivity index is 2.49. The van der Waals surface area contributed by atoms with Crippen molar-refractivity contribution in [2.45, 2.75) is 30.7 Å². The molecule has 1 aromatic carbocycles. The first-order valence-corrected chi connectivity index (χ1v) is 10.2. The van der Waals surface area contributed by atoms with Gasteiger partial charge in [0.2, 0.25) is 12.5 Å². The van der Waals surface area contributed by atoms with Gasteiger partial charge in [-0.3, -0.25) is 0 Å². The van der Waals surface area contributed by atoms with E-state index in [1.54, 1.807) is 13.2 Å². The standard InChI is InChI=1S/C22H34O10/c1-6-17(28-11-24-2)22(31-13-26-4)20(30-12-25-3)16(7-8-23)15-9-18(27-5)21-19(10-15)29-14-32-21/h6,9-10,16-17,20,22-23H,1,7-8,11-14H2,2-5H3/t16-,17-,20+,22+/m0/s1. The number of ether oxygens (including phenoxy) is 9. The second kappa shape index (κ2) is 14.3. The first kappa shape index (κ1) is 26.3. The van der Waals surface area contributed by atoms with Crippen LogP contribution in [0.5, 0.6) is 17.2 Å². The first-order valence-electron chi connectivity index (χ1n) is 10.2. The maximum absolute atomic E-state index is 9.88. The van der Waals surface area contributed by atoms with Gasteiger partial charge in [-0.2, -0.15) is 0 Å². The third-order valence-corrected chi connectivity index (χ3v) is 4.96. The molecule has 0 radical (unpaired) electrons. The molecule has 10 heteroatoms. The van der Waals surface area contributed by atoms with Crippen molar-refractivity contribution in [3.05, 3.63) is 30.4 Å². The summed E-state index contributed by atoms with van der Waals surface area (Å²) >= 11 is 0. The topological polar surface area (TPSA) is 103 Å². The predicted molar refractivity (Wildman–Crippen MR) is 114 cm³/mol. The highest BCUT2D eigenvalue weighted by atomic mass is 16.7. The molecule has 1 aliphatic heterocycles. The third-order valence-electron chi connectivity index (χ3n) is 4.96. The summed E-state index contributed by atoms with van der Waals surface area (Å²) in [5.41, 5.74) is 0.807. The molecule has 0 spiro atoms. The highest BCUT2D eigenvalue weighted by Crippen LogP contribution is 2.45. The molecule has 1 N–H and O–H groups in total. The van der Waals surface area contributed by atoms with Crippen LogP contribution in [-0.2, 0) is 28.4 Å². The molecule has 0 bridgehead atoms. The third kappa shape index (κ3) is 6.79. The van der Waals surface area contributed by atoms with E-state index in [2.05, 4.69) is 6.58 Å². The van der Waals surface area contributed by atoms with E-state index in [0.717, 1.165) is 5.56 Å². The fraction of sp³-hybridized carbons (Fsp3) is 0.636. The van der Waals surface area contributed by atoms with Gasteiger partial charge >= 0.3 is 0 Å². The molecule has 10 nitrogen and oxygen atoms in total. The van der Waals surface area contributed by atoms with Crippen molar-refractivity contribution in [2.75, 3.05) is 62.2 Å². The van der Waals surface area contributed by atoms with Gasteiger partial charge in [-0.1, -0.05) is 6.08 Å². The molecule has 1 heterocycles. The van der Waals surface area contributed by atoms with E-state index < -0.39 is 18.3 Å². The monoisotopic (exact) mass is 458 g/mol. The Kier molecular flexibility index (Phi) is 11.7. The van der Waals surface area contributed by atoms with Gasteiger partial charge < -0.3 is 47.7 Å². The van der Waals surface area contributed by atoms with E-state index in [1.807, 2.05) is 12.1 Å². The van der Waals surface area contributed by atoms with Crippen LogP contribution in [0, 0.1) is 0 Å². The van der Waals surface area contributed by atoms with Crippen LogP contribution in [0.2, 0.25) is 0 Å². The van der Waals surface area contributed by atoms with E-state index in [0.29, 0.717) is 23.7 Å². The number of hydrogen-bond acceptors (Lipinski definition) is 10. The van der Waals surface area contributed by atoms with Crippen molar-refractivity contribution in [1.29, 1.82) is 0 Å². The Morgan fingerprint density at radius 2 is 1.62 bits per heavy atom. The number of benzene rings is 1. The zero-order valence-corrected chi connectivity index (χ0v) is 19.1. The number of hydrogen-bond donors (Lipinski definition) is 1. The Labute approximate surface area is 188 Å². The van der Waals surface area contributed by atoms with E-state index in [-0.39, 0.29) is 39.7 Å². The van der Waals surface area contributed by atoms with Crippen molar-refractivity contribution in [3.63, 3.8) is 0 Å². The van der Waals surface area contributed by atoms with Gasteiger partial charge in [0.25, 0.3) is 0 Å². The Bertz CT molecular complexity index is 683. The normalized spacial score (nSPS) is 16.4. The van der Waals surface area contributed by atoms with Crippen molar-refractivity contribution in [1.82, 2.24) is 0 Å². The molecule has 2 rings (SSSR count). The highest BCUT2D eigenvalue weighted by Gasteiger charge is 2.38. The molecule has 0 saturated heterocycles. The van der Waals surface area contributed by atoms with E-state index in [9.17, 15) is 5.11 Å². The van der Waals surface area contributed by atoms with Gasteiger partial charge in [0.05, 0.1) is 13.2 Å². The fourth-order valence-electron chi connectivity index (χ4n) is 3.58. The summed E-state index contributed by atoms with van der Waals surface area (Å²) in [4.78, 5) is 0. The molecule has 0 saturated carbocycles. The second-order valence-electron chi connectivity index (χ2n) is 6.92. The molecule has 0 aromatic heterocycles. The minimum Gasteiger partial charge on any atom is -0.493 e. The van der Waals surface area contributed by atoms with Crippen molar-refractivity contribution < 1.29 is 47.7 Å². The minimum absolute atomic E-state index is 0.00470. The van der Waals surface area contributed by atoms with Gasteiger partial charge in [-0.15, -0.1) is 6.58 Å². The Morgan fingerprint density at radius 3 is 2.22 bits per heavy atom. The average molecular weight is 459 g/mol. The predicted octanol–water partition coefficient (Wildman–Crippen LogP) is 2.04. The first-order chi connectivity index (χ1) is 15.6. The Hall–Kier alpha value is -1.92. The van der Waals surface area contributed by atoms with Crippen molar-refractivity contribution in [3.8, 4) is 17.2 Å². The summed E-state index contributed by atoms with van der Waals surface area (Å²) in [5, 5.41) is 9.88. The molecular formula is C22H34O10. The summed E-state index contributed by atoms with van der Waals surface area (Å²) in [6, 6.07) is 3.68. The summed E-state index contributed by atoms with van der Waals surface area (Å²) < 4.78 is 49.8. The largest absolute Gasteiger partial charge is 0.493 e. The quantitative estimate of drug-likeness (QED) is 0.276. The molecule has 0 amide bonds. The van der Waals surface area contributed by atoms with Crippen molar-refractivity contribution >= 4 is 0 Å². The van der Waals surface area contributed by atoms with Crippen LogP contribution in [0.25, 0.3) is 0 Å². The summed E-state index contributed by atoms with van der Waals surface area (Å²) in [6.45, 7) is 3.89. The van der Waals surface area contributed by atoms with Crippen molar-refractivity contribution in [2.24, 2.45) is 0 Å². The van der Waals surface area contributed by atoms with Crippen LogP contribution in [0.4, 0.5) is 0 Å². The average Bonchev–Trinajstić information content (AvgIpc) is 3.29. The maximum atomic E-state index is 9.88. The van der Waals surface area contributed by atoms with E-state index >= 15 is 0 Å². The minimum atomic E-state index is -0.661. The lowest BCUT2D eigenvalue weighted by atomic mass is 9.85. The lowest BCUT2D eigenvalue weighted by molar-refractivity contribution is -0.203. The lowest BCUT2D eigenvalue weighted by Gasteiger charge is -2.36. The molecule has 1 aromatic rings. The van der Waals surface area contributed by atoms with Gasteiger partial charge in [0.1, 0.15) is 32.6 Å². The van der Waals surface area contributed by atoms with Crippen LogP contribution < -0.4 is 14.2 Å². The van der Waals surface area contributed by atoms with E-state index in [1.165, 1.54) is 21.3 Å². The summed E-state index contributed by atoms with van der Waals surface area (Å²) in [6.07, 6.45) is 0.0913. The lowest BCUT2D eigenvalue weighted by Crippen LogP contribution is -2.46. The van der Waals surface area contributed by atoms with Crippen LogP contribution in [-0.4, -0.2) is 85.6 Å². The van der Waals surface area contributed by atoms with Crippen LogP contribution in [0.1, 0.15) is 17.9 Å². The zero-order chi connectivity index (χ0) is 23.3. The molecule has 1 aliphatic rings. The number of rotatable bonds is 17. The van der Waals surface area contributed by atoms with Gasteiger partial charge in [-0.25, -0.2) is 0 Å². The smallest absolute Gasteiger partial charge is 0.231 e. The maximum Gasteiger partial charge on any atom is 0.231 e. The van der Waals surface area contributed by atoms with Gasteiger partial charge in [0, 0.05) is 33.9 Å². The summed E-state index contributed by atoms with van der Waals surface area (Å²) in [7, 11) is 6.13. The molecule has 0 aliphatic carbocycles. The number of methoxy groups -OCH3 is 4. The van der Waals surface area contributed by atoms with Gasteiger partial charge in [0.15, 0.2) is 11.5 Å². The van der Waals surface area contributed by atoms with E-state index in [4.69, 9.17) is 42.6 Å². The molecular weight excluding hydrogens is 424 g/mol. The molecule has 4 atom stereocenters. The molecule has 0 unspecified atom stereocenters. The molecule has 32 heavy (non-hydrogen) atoms. The number of aliphatic hydroxyl groups is 1.